The van der Waals surface area contributed by atoms with E-state index in [0.717, 1.165) is 11.0 Å². The van der Waals surface area contributed by atoms with Crippen molar-refractivity contribution in [2.45, 2.75) is 0 Å². The summed E-state index contributed by atoms with van der Waals surface area (Å²) < 4.78 is 16.9. The number of amidine groups is 1. The number of nitrogens with zero attached hydrogens (tertiary/aromatic N) is 3. The maximum Gasteiger partial charge on any atom is 0.196 e. The van der Waals surface area contributed by atoms with Gasteiger partial charge in [0.15, 0.2) is 5.84 Å². The maximum atomic E-state index is 9.04. The van der Waals surface area contributed by atoms with Gasteiger partial charge in [-0.15, -0.1) is 0 Å². The third kappa shape index (κ3) is 1.55. The molecule has 1 aromatic heterocycles. The molecular formula is C6H5N3OS2. The van der Waals surface area contributed by atoms with Crippen LogP contribution in [0, 0.1) is 0 Å². The van der Waals surface area contributed by atoms with Crippen LogP contribution >= 0.6 is 11.0 Å². The molecule has 1 aliphatic heterocycles. The first-order valence-corrected chi connectivity index (χ1v) is 5.61. The molecule has 1 atom stereocenters. The van der Waals surface area contributed by atoms with E-state index in [0.29, 0.717) is 11.5 Å². The van der Waals surface area contributed by atoms with E-state index < -0.39 is 10.0 Å². The zero-order chi connectivity index (χ0) is 8.39. The smallest absolute Gasteiger partial charge is 0.196 e. The van der Waals surface area contributed by atoms with Gasteiger partial charge in [0.25, 0.3) is 0 Å². The third-order valence-corrected chi connectivity index (χ3v) is 2.81. The average Bonchev–Trinajstić information content (AvgIpc) is 2.54. The Labute approximate surface area is 75.6 Å². The fourth-order valence-electron chi connectivity index (χ4n) is 0.764. The topological polar surface area (TPSA) is 57.8 Å². The third-order valence-electron chi connectivity index (χ3n) is 1.25. The van der Waals surface area contributed by atoms with Crippen LogP contribution in [0.4, 0.5) is 0 Å². The number of hydrogen-bond acceptors (Lipinski definition) is 4. The second-order valence-electron chi connectivity index (χ2n) is 2.03. The summed E-state index contributed by atoms with van der Waals surface area (Å²) in [5, 5.41) is 0. The molecule has 12 heavy (non-hydrogen) atoms. The van der Waals surface area contributed by atoms with Gasteiger partial charge in [-0.2, -0.15) is 8.76 Å². The Hall–Kier alpha value is -0.720. The largest absolute Gasteiger partial charge is 0.312 e. The van der Waals surface area contributed by atoms with Gasteiger partial charge in [0.05, 0.1) is 11.0 Å². The zero-order valence-electron chi connectivity index (χ0n) is 5.91. The van der Waals surface area contributed by atoms with Crippen LogP contribution in [0.5, 0.6) is 0 Å². The van der Waals surface area contributed by atoms with Crippen molar-refractivity contribution in [1.29, 1.82) is 0 Å². The molecule has 6 heteroatoms. The normalized spacial score (nSPS) is 21.8. The molecular weight excluding hydrogens is 194 g/mol. The molecule has 2 rings (SSSR count). The quantitative estimate of drug-likeness (QED) is 0.553. The van der Waals surface area contributed by atoms with Gasteiger partial charge in [-0.3, -0.25) is 4.98 Å². The molecule has 1 unspecified atom stereocenters. The number of hydrogen-bond donors (Lipinski definition) is 1. The van der Waals surface area contributed by atoms with Gasteiger partial charge in [-0.1, -0.05) is 6.07 Å². The molecule has 0 saturated carbocycles. The Morgan fingerprint density at radius 2 is 2.33 bits per heavy atom. The first kappa shape index (κ1) is 7.90. The first-order chi connectivity index (χ1) is 5.86. The summed E-state index contributed by atoms with van der Waals surface area (Å²) in [6.45, 7) is 0. The Bertz CT molecular complexity index is 349. The van der Waals surface area contributed by atoms with Crippen LogP contribution in [0.3, 0.4) is 0 Å². The molecule has 0 bridgehead atoms. The minimum absolute atomic E-state index is 0.520. The predicted molar refractivity (Wildman–Crippen MR) is 50.8 cm³/mol. The molecule has 0 spiro atoms. The Balaban J connectivity index is 2.34. The van der Waals surface area contributed by atoms with Crippen molar-refractivity contribution in [3.05, 3.63) is 30.1 Å². The molecule has 0 radical (unpaired) electrons. The van der Waals surface area contributed by atoms with Crippen molar-refractivity contribution in [2.24, 2.45) is 8.76 Å². The van der Waals surface area contributed by atoms with Gasteiger partial charge >= 0.3 is 0 Å². The molecule has 0 saturated heterocycles. The summed E-state index contributed by atoms with van der Waals surface area (Å²) in [7, 11) is 0.0594. The molecule has 1 aromatic rings. The lowest BCUT2D eigenvalue weighted by molar-refractivity contribution is 0.663. The van der Waals surface area contributed by atoms with Crippen molar-refractivity contribution in [1.82, 2.24) is 4.98 Å². The number of pyridine rings is 1. The summed E-state index contributed by atoms with van der Waals surface area (Å²) in [5.74, 6) is 0.520. The second kappa shape index (κ2) is 3.34. The maximum absolute atomic E-state index is 9.04. The van der Waals surface area contributed by atoms with E-state index in [1.54, 1.807) is 6.20 Å². The van der Waals surface area contributed by atoms with E-state index in [1.807, 2.05) is 18.2 Å². The van der Waals surface area contributed by atoms with Gasteiger partial charge in [0, 0.05) is 6.20 Å². The average molecular weight is 199 g/mol. The van der Waals surface area contributed by atoms with Gasteiger partial charge in [-0.05, 0) is 12.1 Å². The summed E-state index contributed by atoms with van der Waals surface area (Å²) in [5.41, 5.74) is 0.703. The summed E-state index contributed by atoms with van der Waals surface area (Å²) in [4.78, 5) is 4.05. The van der Waals surface area contributed by atoms with E-state index in [-0.39, 0.29) is 0 Å². The van der Waals surface area contributed by atoms with Crippen molar-refractivity contribution in [2.75, 3.05) is 0 Å². The van der Waals surface area contributed by atoms with E-state index in [2.05, 4.69) is 13.7 Å². The van der Waals surface area contributed by atoms with Gasteiger partial charge in [-0.25, -0.2) is 0 Å². The first-order valence-electron chi connectivity index (χ1n) is 3.18. The van der Waals surface area contributed by atoms with Gasteiger partial charge in [0.2, 0.25) is 0 Å². The van der Waals surface area contributed by atoms with Crippen molar-refractivity contribution < 1.29 is 4.55 Å². The van der Waals surface area contributed by atoms with E-state index >= 15 is 0 Å². The molecule has 4 nitrogen and oxygen atoms in total. The molecule has 62 valence electrons. The highest BCUT2D eigenvalue weighted by Gasteiger charge is 2.10. The minimum atomic E-state index is -1.01. The Morgan fingerprint density at radius 3 is 2.92 bits per heavy atom. The molecule has 1 N–H and O–H groups in total. The zero-order valence-corrected chi connectivity index (χ0v) is 7.55. The monoisotopic (exact) mass is 199 g/mol. The van der Waals surface area contributed by atoms with Crippen molar-refractivity contribution in [3.8, 4) is 0 Å². The highest BCUT2D eigenvalue weighted by molar-refractivity contribution is 8.67. The van der Waals surface area contributed by atoms with E-state index in [1.165, 1.54) is 0 Å². The molecule has 0 fully saturated rings. The van der Waals surface area contributed by atoms with E-state index in [9.17, 15) is 0 Å². The lowest BCUT2D eigenvalue weighted by Gasteiger charge is -1.91. The number of rotatable bonds is 1. The Kier molecular flexibility index (Phi) is 2.20. The van der Waals surface area contributed by atoms with Crippen LogP contribution < -0.4 is 0 Å². The highest BCUT2D eigenvalue weighted by Crippen LogP contribution is 2.19. The molecule has 0 amide bonds. The van der Waals surface area contributed by atoms with Crippen molar-refractivity contribution in [3.63, 3.8) is 0 Å². The van der Waals surface area contributed by atoms with E-state index in [4.69, 9.17) is 4.55 Å². The fraction of sp³-hybridized carbons (Fsp3) is 0. The number of aromatic nitrogens is 1. The minimum Gasteiger partial charge on any atom is -0.312 e. The molecule has 0 aromatic carbocycles. The molecule has 2 heterocycles. The van der Waals surface area contributed by atoms with Gasteiger partial charge in [0.1, 0.15) is 15.7 Å². The summed E-state index contributed by atoms with van der Waals surface area (Å²) >= 11 is 0. The lowest BCUT2D eigenvalue weighted by atomic mass is 10.3. The van der Waals surface area contributed by atoms with Gasteiger partial charge < -0.3 is 4.55 Å². The fourth-order valence-corrected chi connectivity index (χ4v) is 2.13. The standard InChI is InChI=1S/C6H5N3OS2/c10-12-9-6(8-11-12)5-3-1-2-4-7-5/h1-4H,(H,8,9,10). The van der Waals surface area contributed by atoms with Crippen LogP contribution in [0.15, 0.2) is 33.2 Å². The van der Waals surface area contributed by atoms with Crippen LogP contribution in [0.25, 0.3) is 0 Å². The highest BCUT2D eigenvalue weighted by atomic mass is 33.1. The SMILES string of the molecule is OS1=NC(c2ccccn2)=NS1. The summed E-state index contributed by atoms with van der Waals surface area (Å²) in [6, 6.07) is 5.50. The van der Waals surface area contributed by atoms with Crippen LogP contribution in [0.2, 0.25) is 0 Å². The second-order valence-corrected chi connectivity index (χ2v) is 4.34. The molecule has 1 aliphatic rings. The lowest BCUT2D eigenvalue weighted by Crippen LogP contribution is -1.96. The summed E-state index contributed by atoms with van der Waals surface area (Å²) in [6.07, 6.45) is 1.67. The van der Waals surface area contributed by atoms with Crippen LogP contribution in [0.1, 0.15) is 5.69 Å². The van der Waals surface area contributed by atoms with Crippen LogP contribution in [-0.2, 0) is 10.0 Å². The van der Waals surface area contributed by atoms with Crippen molar-refractivity contribution >= 4 is 26.8 Å². The van der Waals surface area contributed by atoms with Crippen LogP contribution in [-0.4, -0.2) is 15.4 Å². The predicted octanol–water partition coefficient (Wildman–Crippen LogP) is 1.68. The Morgan fingerprint density at radius 1 is 1.42 bits per heavy atom. The molecule has 0 aliphatic carbocycles.